The van der Waals surface area contributed by atoms with Crippen LogP contribution in [-0.2, 0) is 43.8 Å². The van der Waals surface area contributed by atoms with Crippen molar-refractivity contribution in [1.82, 2.24) is 4.98 Å². The van der Waals surface area contributed by atoms with Crippen molar-refractivity contribution in [1.29, 1.82) is 0 Å². The molecule has 2 rings (SSSR count). The zero-order valence-corrected chi connectivity index (χ0v) is 17.2. The van der Waals surface area contributed by atoms with Crippen LogP contribution in [0.3, 0.4) is 0 Å². The quantitative estimate of drug-likeness (QED) is 0.342. The largest absolute Gasteiger partial charge is 0.466 e. The molecule has 4 atom stereocenters. The van der Waals surface area contributed by atoms with Crippen molar-refractivity contribution < 1.29 is 38.0 Å². The lowest BCUT2D eigenvalue weighted by atomic mass is 10.0. The van der Waals surface area contributed by atoms with Crippen LogP contribution in [-0.4, -0.2) is 62.9 Å². The van der Waals surface area contributed by atoms with E-state index >= 15 is 0 Å². The third-order valence-electron chi connectivity index (χ3n) is 4.61. The summed E-state index contributed by atoms with van der Waals surface area (Å²) in [6, 6.07) is 5.33. The van der Waals surface area contributed by atoms with E-state index in [0.717, 1.165) is 0 Å². The summed E-state index contributed by atoms with van der Waals surface area (Å²) in [5, 5.41) is 0. The normalized spacial score (nSPS) is 24.9. The van der Waals surface area contributed by atoms with Crippen LogP contribution in [0.5, 0.6) is 0 Å². The summed E-state index contributed by atoms with van der Waals surface area (Å²) in [4.78, 5) is 28.2. The lowest BCUT2D eigenvalue weighted by Gasteiger charge is -2.29. The summed E-state index contributed by atoms with van der Waals surface area (Å²) < 4.78 is 33.4. The maximum atomic E-state index is 12.1. The first-order valence-electron chi connectivity index (χ1n) is 9.10. The maximum absolute atomic E-state index is 12.1. The Labute approximate surface area is 169 Å². The molecule has 0 spiro atoms. The molecule has 9 nitrogen and oxygen atoms in total. The Morgan fingerprint density at radius 2 is 1.86 bits per heavy atom. The van der Waals surface area contributed by atoms with E-state index in [4.69, 9.17) is 28.4 Å². The van der Waals surface area contributed by atoms with Crippen molar-refractivity contribution in [3.8, 4) is 0 Å². The highest BCUT2D eigenvalue weighted by Gasteiger charge is 2.56. The van der Waals surface area contributed by atoms with Gasteiger partial charge in [0.05, 0.1) is 18.4 Å². The average molecular weight is 409 g/mol. The molecule has 1 aromatic rings. The van der Waals surface area contributed by atoms with E-state index < -0.39 is 42.3 Å². The molecule has 4 unspecified atom stereocenters. The zero-order chi connectivity index (χ0) is 21.6. The van der Waals surface area contributed by atoms with Crippen LogP contribution in [0.4, 0.5) is 0 Å². The van der Waals surface area contributed by atoms with E-state index in [1.54, 1.807) is 24.4 Å². The number of aromatic nitrogens is 1. The van der Waals surface area contributed by atoms with Crippen LogP contribution in [0.2, 0.25) is 0 Å². The Kier molecular flexibility index (Phi) is 7.86. The van der Waals surface area contributed by atoms with E-state index in [1.165, 1.54) is 28.3 Å². The summed E-state index contributed by atoms with van der Waals surface area (Å²) in [5.41, 5.74) is 0.423. The molecule has 0 bridgehead atoms. The second-order valence-electron chi connectivity index (χ2n) is 6.37. The first-order chi connectivity index (χ1) is 13.8. The summed E-state index contributed by atoms with van der Waals surface area (Å²) in [6.07, 6.45) is -1.90. The fourth-order valence-electron chi connectivity index (χ4n) is 3.23. The summed E-state index contributed by atoms with van der Waals surface area (Å²) in [6.45, 7) is 6.81. The molecule has 1 aliphatic heterocycles. The molecule has 0 aromatic carbocycles. The first-order valence-corrected chi connectivity index (χ1v) is 9.10. The number of ether oxygens (including phenoxy) is 6. The van der Waals surface area contributed by atoms with Gasteiger partial charge in [0, 0.05) is 33.8 Å². The number of hydrogen-bond donors (Lipinski definition) is 0. The number of esters is 2. The molecule has 1 aliphatic rings. The molecule has 0 aliphatic carbocycles. The Balaban J connectivity index is 2.52. The number of hydrogen-bond acceptors (Lipinski definition) is 9. The van der Waals surface area contributed by atoms with E-state index in [0.29, 0.717) is 12.1 Å². The lowest BCUT2D eigenvalue weighted by molar-refractivity contribution is -0.224. The predicted molar refractivity (Wildman–Crippen MR) is 100 cm³/mol. The van der Waals surface area contributed by atoms with Gasteiger partial charge in [-0.1, -0.05) is 19.6 Å². The number of rotatable bonds is 9. The average Bonchev–Trinajstić information content (AvgIpc) is 3.13. The van der Waals surface area contributed by atoms with Crippen LogP contribution in [0, 0.1) is 0 Å². The van der Waals surface area contributed by atoms with E-state index in [2.05, 4.69) is 11.6 Å². The zero-order valence-electron chi connectivity index (χ0n) is 17.2. The Bertz CT molecular complexity index is 720. The molecule has 29 heavy (non-hydrogen) atoms. The van der Waals surface area contributed by atoms with Gasteiger partial charge in [0.1, 0.15) is 12.2 Å². The van der Waals surface area contributed by atoms with Gasteiger partial charge in [-0.05, 0) is 12.1 Å². The predicted octanol–water partition coefficient (Wildman–Crippen LogP) is 1.71. The van der Waals surface area contributed by atoms with Gasteiger partial charge in [-0.15, -0.1) is 0 Å². The van der Waals surface area contributed by atoms with Gasteiger partial charge in [0.2, 0.25) is 5.79 Å². The molecule has 1 fully saturated rings. The van der Waals surface area contributed by atoms with E-state index in [1.807, 2.05) is 6.92 Å². The van der Waals surface area contributed by atoms with Crippen molar-refractivity contribution in [3.63, 3.8) is 0 Å². The van der Waals surface area contributed by atoms with Crippen LogP contribution in [0.15, 0.2) is 36.5 Å². The minimum absolute atomic E-state index is 0.0971. The topological polar surface area (TPSA) is 102 Å². The van der Waals surface area contributed by atoms with Crippen molar-refractivity contribution >= 4 is 11.9 Å². The fraction of sp³-hybridized carbons (Fsp3) is 0.550. The molecule has 0 saturated carbocycles. The number of nitrogens with zero attached hydrogens (tertiary/aromatic N) is 1. The summed E-state index contributed by atoms with van der Waals surface area (Å²) in [7, 11) is 4.09. The second kappa shape index (κ2) is 9.93. The minimum Gasteiger partial charge on any atom is -0.466 e. The molecule has 1 aromatic heterocycles. The Hall–Kier alpha value is -2.33. The standard InChI is InChI=1S/C20H27NO8/c1-7-20(14-10-8-9-11-21-14)28-16(17(29-20)19(25-5)26-6)15(27-13(3)22)12(2)18(23)24-4/h8-11,15-17,19H,2,7H2,1,3-6H3. The Morgan fingerprint density at radius 3 is 2.34 bits per heavy atom. The third-order valence-corrected chi connectivity index (χ3v) is 4.61. The van der Waals surface area contributed by atoms with Gasteiger partial charge in [0.15, 0.2) is 12.4 Å². The number of carbonyl (C=O) groups is 2. The van der Waals surface area contributed by atoms with Gasteiger partial charge >= 0.3 is 11.9 Å². The minimum atomic E-state index is -1.26. The molecule has 0 amide bonds. The monoisotopic (exact) mass is 409 g/mol. The van der Waals surface area contributed by atoms with Gasteiger partial charge in [0.25, 0.3) is 0 Å². The van der Waals surface area contributed by atoms with Crippen LogP contribution in [0.25, 0.3) is 0 Å². The van der Waals surface area contributed by atoms with Crippen molar-refractivity contribution in [3.05, 3.63) is 42.2 Å². The van der Waals surface area contributed by atoms with Crippen molar-refractivity contribution in [2.75, 3.05) is 21.3 Å². The second-order valence-corrected chi connectivity index (χ2v) is 6.37. The highest BCUT2D eigenvalue weighted by Crippen LogP contribution is 2.43. The van der Waals surface area contributed by atoms with Crippen LogP contribution < -0.4 is 0 Å². The van der Waals surface area contributed by atoms with Crippen molar-refractivity contribution in [2.45, 2.75) is 50.7 Å². The molecule has 160 valence electrons. The molecule has 9 heteroatoms. The number of pyridine rings is 1. The van der Waals surface area contributed by atoms with Gasteiger partial charge in [-0.3, -0.25) is 9.78 Å². The lowest BCUT2D eigenvalue weighted by Crippen LogP contribution is -2.47. The van der Waals surface area contributed by atoms with Crippen LogP contribution >= 0.6 is 0 Å². The molecular formula is C20H27NO8. The van der Waals surface area contributed by atoms with Crippen molar-refractivity contribution in [2.24, 2.45) is 0 Å². The van der Waals surface area contributed by atoms with Gasteiger partial charge < -0.3 is 28.4 Å². The molecule has 0 radical (unpaired) electrons. The summed E-state index contributed by atoms with van der Waals surface area (Å²) >= 11 is 0. The van der Waals surface area contributed by atoms with E-state index in [9.17, 15) is 9.59 Å². The number of methoxy groups -OCH3 is 3. The summed E-state index contributed by atoms with van der Waals surface area (Å²) in [5.74, 6) is -2.63. The molecule has 2 heterocycles. The highest BCUT2D eigenvalue weighted by atomic mass is 16.8. The smallest absolute Gasteiger partial charge is 0.337 e. The van der Waals surface area contributed by atoms with E-state index in [-0.39, 0.29) is 5.57 Å². The molecule has 0 N–H and O–H groups in total. The van der Waals surface area contributed by atoms with Crippen LogP contribution in [0.1, 0.15) is 26.0 Å². The maximum Gasteiger partial charge on any atom is 0.337 e. The third kappa shape index (κ3) is 4.81. The molecule has 1 saturated heterocycles. The number of carbonyl (C=O) groups excluding carboxylic acids is 2. The Morgan fingerprint density at radius 1 is 1.21 bits per heavy atom. The fourth-order valence-corrected chi connectivity index (χ4v) is 3.23. The van der Waals surface area contributed by atoms with Gasteiger partial charge in [-0.2, -0.15) is 0 Å². The SMILES string of the molecule is C=C(C(=O)OC)C(OC(C)=O)C1OC(CC)(c2ccccn2)OC1C(OC)OC. The van der Waals surface area contributed by atoms with Gasteiger partial charge in [-0.25, -0.2) is 4.79 Å². The first kappa shape index (κ1) is 23.0. The molecular weight excluding hydrogens is 382 g/mol. The highest BCUT2D eigenvalue weighted by molar-refractivity contribution is 5.89.